The molecule has 0 radical (unpaired) electrons. The molecule has 2 amide bonds. The van der Waals surface area contributed by atoms with Crippen LogP contribution in [0.25, 0.3) is 0 Å². The van der Waals surface area contributed by atoms with Crippen LogP contribution in [0.4, 0.5) is 0 Å². The summed E-state index contributed by atoms with van der Waals surface area (Å²) in [6, 6.07) is 12.4. The summed E-state index contributed by atoms with van der Waals surface area (Å²) in [5.41, 5.74) is 4.76. The second kappa shape index (κ2) is 11.3. The van der Waals surface area contributed by atoms with Gasteiger partial charge in [-0.2, -0.15) is 4.31 Å². The van der Waals surface area contributed by atoms with Crippen molar-refractivity contribution < 1.29 is 32.4 Å². The summed E-state index contributed by atoms with van der Waals surface area (Å²) in [4.78, 5) is 25.9. The Hall–Kier alpha value is -3.15. The van der Waals surface area contributed by atoms with E-state index in [0.717, 1.165) is 25.9 Å². The third-order valence-electron chi connectivity index (χ3n) is 5.86. The van der Waals surface area contributed by atoms with Gasteiger partial charge < -0.3 is 14.4 Å². The Labute approximate surface area is 199 Å². The van der Waals surface area contributed by atoms with Crippen molar-refractivity contribution in [3.05, 3.63) is 54.1 Å². The van der Waals surface area contributed by atoms with Crippen molar-refractivity contribution in [2.75, 3.05) is 40.9 Å². The first-order chi connectivity index (χ1) is 16.2. The topological polar surface area (TPSA) is 118 Å². The molecule has 0 aromatic heterocycles. The number of nitrogens with one attached hydrogen (secondary N) is 3. The number of piperidine rings is 1. The molecule has 10 nitrogen and oxygen atoms in total. The number of hydrazine groups is 1. The van der Waals surface area contributed by atoms with Gasteiger partial charge in [0, 0.05) is 31.5 Å². The van der Waals surface area contributed by atoms with Crippen LogP contribution in [0.1, 0.15) is 23.2 Å². The molecule has 3 rings (SSSR count). The van der Waals surface area contributed by atoms with E-state index < -0.39 is 21.8 Å². The first-order valence-electron chi connectivity index (χ1n) is 11.0. The summed E-state index contributed by atoms with van der Waals surface area (Å²) in [5.74, 6) is -0.270. The van der Waals surface area contributed by atoms with Gasteiger partial charge in [0.25, 0.3) is 11.8 Å². The molecule has 34 heavy (non-hydrogen) atoms. The van der Waals surface area contributed by atoms with Crippen molar-refractivity contribution in [3.8, 4) is 11.5 Å². The van der Waals surface area contributed by atoms with Crippen molar-refractivity contribution in [2.45, 2.75) is 23.8 Å². The molecule has 0 saturated carbocycles. The van der Waals surface area contributed by atoms with Gasteiger partial charge in [-0.1, -0.05) is 12.1 Å². The summed E-state index contributed by atoms with van der Waals surface area (Å²) < 4.78 is 37.9. The molecule has 1 saturated heterocycles. The van der Waals surface area contributed by atoms with Crippen molar-refractivity contribution in [1.29, 1.82) is 0 Å². The molecule has 3 N–H and O–H groups in total. The number of likely N-dealkylation sites (tertiary alicyclic amines) is 1. The van der Waals surface area contributed by atoms with E-state index in [0.29, 0.717) is 11.5 Å². The summed E-state index contributed by atoms with van der Waals surface area (Å²) in [6.07, 6.45) is 1.62. The van der Waals surface area contributed by atoms with Gasteiger partial charge in [0.2, 0.25) is 10.0 Å². The van der Waals surface area contributed by atoms with Gasteiger partial charge in [-0.25, -0.2) is 8.42 Å². The average Bonchev–Trinajstić information content (AvgIpc) is 2.86. The molecule has 184 valence electrons. The maximum Gasteiger partial charge on any atom is 0.276 e. The molecule has 11 heteroatoms. The van der Waals surface area contributed by atoms with Crippen molar-refractivity contribution in [1.82, 2.24) is 15.2 Å². The van der Waals surface area contributed by atoms with Gasteiger partial charge in [0.1, 0.15) is 0 Å². The maximum absolute atomic E-state index is 13.0. The number of benzene rings is 2. The Morgan fingerprint density at radius 2 is 1.65 bits per heavy atom. The lowest BCUT2D eigenvalue weighted by molar-refractivity contribution is -0.885. The summed E-state index contributed by atoms with van der Waals surface area (Å²) >= 11 is 0. The van der Waals surface area contributed by atoms with Crippen LogP contribution in [-0.4, -0.2) is 71.5 Å². The minimum absolute atomic E-state index is 0.0371. The quantitative estimate of drug-likeness (QED) is 0.442. The SMILES string of the molecule is COc1ccccc1OCC(=O)NNC(=O)c1ccc(S(=O)(=O)N(C)C2CC[NH+](C)CC2)cc1. The first-order valence-corrected chi connectivity index (χ1v) is 12.4. The summed E-state index contributed by atoms with van der Waals surface area (Å²) in [6.45, 7) is 1.53. The largest absolute Gasteiger partial charge is 0.493 e. The van der Waals surface area contributed by atoms with E-state index in [2.05, 4.69) is 17.9 Å². The zero-order valence-electron chi connectivity index (χ0n) is 19.5. The maximum atomic E-state index is 13.0. The van der Waals surface area contributed by atoms with E-state index in [4.69, 9.17) is 9.47 Å². The third-order valence-corrected chi connectivity index (χ3v) is 7.78. The molecule has 2 aromatic carbocycles. The highest BCUT2D eigenvalue weighted by Gasteiger charge is 2.31. The molecule has 1 heterocycles. The number of ether oxygens (including phenoxy) is 2. The Morgan fingerprint density at radius 3 is 2.26 bits per heavy atom. The molecule has 0 unspecified atom stereocenters. The molecular weight excluding hydrogens is 460 g/mol. The van der Waals surface area contributed by atoms with Crippen molar-refractivity contribution >= 4 is 21.8 Å². The second-order valence-electron chi connectivity index (χ2n) is 8.18. The van der Waals surface area contributed by atoms with Crippen LogP contribution in [0.2, 0.25) is 0 Å². The fraction of sp³-hybridized carbons (Fsp3) is 0.391. The Morgan fingerprint density at radius 1 is 1.03 bits per heavy atom. The lowest BCUT2D eigenvalue weighted by atomic mass is 10.1. The number of sulfonamides is 1. The third kappa shape index (κ3) is 6.25. The molecule has 0 aliphatic carbocycles. The standard InChI is InChI=1S/C23H30N4O6S/c1-26-14-12-18(13-15-26)27(2)34(30,31)19-10-8-17(9-11-19)23(29)25-24-22(28)16-33-21-7-5-4-6-20(21)32-3/h4-11,18H,12-16H2,1-3H3,(H,24,28)(H,25,29)/p+1. The Bertz CT molecular complexity index is 1100. The number of amides is 2. The van der Waals surface area contributed by atoms with Gasteiger partial charge in [-0.3, -0.25) is 20.4 Å². The average molecular weight is 492 g/mol. The summed E-state index contributed by atoms with van der Waals surface area (Å²) in [7, 11) is 1.53. The smallest absolute Gasteiger partial charge is 0.276 e. The van der Waals surface area contributed by atoms with Gasteiger partial charge in [0.15, 0.2) is 18.1 Å². The van der Waals surface area contributed by atoms with Crippen molar-refractivity contribution in [3.63, 3.8) is 0 Å². The van der Waals surface area contributed by atoms with Crippen LogP contribution < -0.4 is 25.2 Å². The first kappa shape index (κ1) is 25.5. The zero-order valence-corrected chi connectivity index (χ0v) is 20.4. The predicted molar refractivity (Wildman–Crippen MR) is 125 cm³/mol. The number of nitrogens with zero attached hydrogens (tertiary/aromatic N) is 1. The minimum atomic E-state index is -3.67. The monoisotopic (exact) mass is 491 g/mol. The van der Waals surface area contributed by atoms with Gasteiger partial charge in [-0.15, -0.1) is 0 Å². The lowest BCUT2D eigenvalue weighted by Gasteiger charge is -2.32. The fourth-order valence-electron chi connectivity index (χ4n) is 3.72. The number of carbonyl (C=O) groups excluding carboxylic acids is 2. The van der Waals surface area contributed by atoms with E-state index in [1.165, 1.54) is 40.6 Å². The van der Waals surface area contributed by atoms with Gasteiger partial charge >= 0.3 is 0 Å². The highest BCUT2D eigenvalue weighted by Crippen LogP contribution is 2.25. The number of methoxy groups -OCH3 is 1. The van der Waals surface area contributed by atoms with Crippen LogP contribution in [-0.2, 0) is 14.8 Å². The van der Waals surface area contributed by atoms with Crippen LogP contribution in [0, 0.1) is 0 Å². The predicted octanol–water partition coefficient (Wildman–Crippen LogP) is -0.167. The normalized spacial score (nSPS) is 18.2. The number of para-hydroxylation sites is 2. The van der Waals surface area contributed by atoms with E-state index >= 15 is 0 Å². The number of carbonyl (C=O) groups is 2. The number of rotatable bonds is 8. The fourth-order valence-corrected chi connectivity index (χ4v) is 5.13. The lowest BCUT2D eigenvalue weighted by Crippen LogP contribution is -3.10. The van der Waals surface area contributed by atoms with E-state index in [1.807, 2.05) is 0 Å². The zero-order chi connectivity index (χ0) is 24.7. The molecule has 2 aromatic rings. The van der Waals surface area contributed by atoms with Crippen LogP contribution in [0.5, 0.6) is 11.5 Å². The van der Waals surface area contributed by atoms with Crippen LogP contribution in [0.3, 0.4) is 0 Å². The Kier molecular flexibility index (Phi) is 8.48. The molecule has 1 aliphatic rings. The Balaban J connectivity index is 1.52. The second-order valence-corrected chi connectivity index (χ2v) is 10.2. The van der Waals surface area contributed by atoms with E-state index in [1.54, 1.807) is 31.3 Å². The van der Waals surface area contributed by atoms with Crippen molar-refractivity contribution in [2.24, 2.45) is 0 Å². The van der Waals surface area contributed by atoms with Crippen LogP contribution >= 0.6 is 0 Å². The number of quaternary nitrogens is 1. The molecule has 1 aliphatic heterocycles. The van der Waals surface area contributed by atoms with E-state index in [9.17, 15) is 18.0 Å². The van der Waals surface area contributed by atoms with Gasteiger partial charge in [0.05, 0.1) is 32.1 Å². The van der Waals surface area contributed by atoms with E-state index in [-0.39, 0.29) is 23.1 Å². The van der Waals surface area contributed by atoms with Gasteiger partial charge in [-0.05, 0) is 36.4 Å². The highest BCUT2D eigenvalue weighted by atomic mass is 32.2. The molecular formula is C23H31N4O6S+. The number of hydrogen-bond acceptors (Lipinski definition) is 6. The molecule has 0 atom stereocenters. The number of hydrogen-bond donors (Lipinski definition) is 3. The molecule has 1 fully saturated rings. The molecule has 0 bridgehead atoms. The highest BCUT2D eigenvalue weighted by molar-refractivity contribution is 7.89. The molecule has 0 spiro atoms. The van der Waals surface area contributed by atoms with Crippen LogP contribution in [0.15, 0.2) is 53.4 Å². The summed E-state index contributed by atoms with van der Waals surface area (Å²) in [5, 5.41) is 0. The minimum Gasteiger partial charge on any atom is -0.493 e.